The van der Waals surface area contributed by atoms with E-state index in [4.69, 9.17) is 4.74 Å². The molecule has 1 heterocycles. The maximum Gasteiger partial charge on any atom is 0.302 e. The van der Waals surface area contributed by atoms with Crippen LogP contribution in [0, 0.1) is 0 Å². The van der Waals surface area contributed by atoms with E-state index in [9.17, 15) is 4.79 Å². The molecule has 0 unspecified atom stereocenters. The summed E-state index contributed by atoms with van der Waals surface area (Å²) in [6.45, 7) is 12.0. The third kappa shape index (κ3) is 5.78. The Kier molecular flexibility index (Phi) is 7.39. The second-order valence-corrected chi connectivity index (χ2v) is 3.94. The van der Waals surface area contributed by atoms with Crippen LogP contribution in [-0.2, 0) is 9.53 Å². The Morgan fingerprint density at radius 2 is 1.73 bits per heavy atom. The lowest BCUT2D eigenvalue weighted by Crippen LogP contribution is -2.41. The van der Waals surface area contributed by atoms with E-state index in [0.717, 1.165) is 25.9 Å². The van der Waals surface area contributed by atoms with E-state index in [2.05, 4.69) is 18.7 Å². The van der Waals surface area contributed by atoms with Crippen molar-refractivity contribution >= 4 is 5.97 Å². The van der Waals surface area contributed by atoms with Crippen LogP contribution in [-0.4, -0.2) is 36.1 Å². The summed E-state index contributed by atoms with van der Waals surface area (Å²) in [4.78, 5) is 13.1. The van der Waals surface area contributed by atoms with Crippen LogP contribution in [0.1, 0.15) is 47.5 Å². The summed E-state index contributed by atoms with van der Waals surface area (Å²) in [6.07, 6.45) is 2.13. The van der Waals surface area contributed by atoms with Gasteiger partial charge in [0, 0.05) is 26.1 Å². The molecule has 0 aromatic heterocycles. The van der Waals surface area contributed by atoms with Crippen molar-refractivity contribution in [3.05, 3.63) is 0 Å². The highest BCUT2D eigenvalue weighted by Crippen LogP contribution is 2.15. The van der Waals surface area contributed by atoms with E-state index >= 15 is 0 Å². The van der Waals surface area contributed by atoms with Gasteiger partial charge in [0.15, 0.2) is 0 Å². The molecule has 0 aromatic carbocycles. The van der Waals surface area contributed by atoms with Crippen molar-refractivity contribution in [1.29, 1.82) is 0 Å². The van der Waals surface area contributed by atoms with Crippen LogP contribution < -0.4 is 0 Å². The van der Waals surface area contributed by atoms with E-state index in [1.165, 1.54) is 6.92 Å². The molecule has 1 aliphatic heterocycles. The lowest BCUT2D eigenvalue weighted by molar-refractivity contribution is -0.148. The second-order valence-electron chi connectivity index (χ2n) is 3.94. The van der Waals surface area contributed by atoms with Gasteiger partial charge in [0.2, 0.25) is 0 Å². The third-order valence-corrected chi connectivity index (χ3v) is 2.54. The highest BCUT2D eigenvalue weighted by atomic mass is 16.5. The molecule has 0 N–H and O–H groups in total. The molecule has 1 fully saturated rings. The van der Waals surface area contributed by atoms with Crippen LogP contribution in [0.25, 0.3) is 0 Å². The zero-order chi connectivity index (χ0) is 11.8. The van der Waals surface area contributed by atoms with Crippen molar-refractivity contribution < 1.29 is 9.53 Å². The average molecular weight is 215 g/mol. The van der Waals surface area contributed by atoms with Gasteiger partial charge in [-0.25, -0.2) is 0 Å². The Morgan fingerprint density at radius 3 is 2.07 bits per heavy atom. The molecule has 3 nitrogen and oxygen atoms in total. The highest BCUT2D eigenvalue weighted by Gasteiger charge is 2.22. The Bertz CT molecular complexity index is 172. The number of nitrogens with zero attached hydrogens (tertiary/aromatic N) is 1. The molecule has 0 radical (unpaired) electrons. The number of carbonyl (C=O) groups is 1. The molecule has 0 saturated carbocycles. The van der Waals surface area contributed by atoms with Gasteiger partial charge in [-0.1, -0.05) is 13.8 Å². The molecule has 0 spiro atoms. The summed E-state index contributed by atoms with van der Waals surface area (Å²) >= 11 is 0. The number of piperidine rings is 1. The third-order valence-electron chi connectivity index (χ3n) is 2.54. The Labute approximate surface area is 93.8 Å². The van der Waals surface area contributed by atoms with E-state index < -0.39 is 0 Å². The first-order valence-corrected chi connectivity index (χ1v) is 6.01. The van der Waals surface area contributed by atoms with E-state index in [-0.39, 0.29) is 12.1 Å². The van der Waals surface area contributed by atoms with Gasteiger partial charge in [0.05, 0.1) is 0 Å². The van der Waals surface area contributed by atoms with E-state index in [0.29, 0.717) is 6.04 Å². The number of ether oxygens (including phenoxy) is 1. The number of hydrogen-bond donors (Lipinski definition) is 0. The first-order chi connectivity index (χ1) is 7.09. The number of likely N-dealkylation sites (tertiary alicyclic amines) is 1. The van der Waals surface area contributed by atoms with Crippen LogP contribution in [0.15, 0.2) is 0 Å². The molecule has 15 heavy (non-hydrogen) atoms. The van der Waals surface area contributed by atoms with Crippen LogP contribution in [0.4, 0.5) is 0 Å². The summed E-state index contributed by atoms with van der Waals surface area (Å²) in [5, 5.41) is 0. The molecule has 0 bridgehead atoms. The van der Waals surface area contributed by atoms with Crippen LogP contribution >= 0.6 is 0 Å². The molecule has 0 atom stereocenters. The van der Waals surface area contributed by atoms with Gasteiger partial charge in [-0.3, -0.25) is 4.79 Å². The smallest absolute Gasteiger partial charge is 0.302 e. The molecule has 0 aliphatic carbocycles. The van der Waals surface area contributed by atoms with Gasteiger partial charge in [-0.2, -0.15) is 0 Å². The molecule has 1 aliphatic rings. The summed E-state index contributed by atoms with van der Waals surface area (Å²) < 4.78 is 5.15. The topological polar surface area (TPSA) is 29.5 Å². The van der Waals surface area contributed by atoms with Crippen LogP contribution in [0.2, 0.25) is 0 Å². The van der Waals surface area contributed by atoms with Gasteiger partial charge < -0.3 is 9.64 Å². The fourth-order valence-corrected chi connectivity index (χ4v) is 1.74. The summed E-state index contributed by atoms with van der Waals surface area (Å²) in [7, 11) is 0. The zero-order valence-electron chi connectivity index (χ0n) is 10.7. The van der Waals surface area contributed by atoms with Crippen LogP contribution in [0.3, 0.4) is 0 Å². The first-order valence-electron chi connectivity index (χ1n) is 6.01. The normalized spacial score (nSPS) is 18.3. The minimum absolute atomic E-state index is 0.150. The van der Waals surface area contributed by atoms with Gasteiger partial charge in [-0.05, 0) is 26.7 Å². The van der Waals surface area contributed by atoms with Gasteiger partial charge in [0.25, 0.3) is 0 Å². The second kappa shape index (κ2) is 7.69. The van der Waals surface area contributed by atoms with Gasteiger partial charge >= 0.3 is 5.97 Å². The Balaban J connectivity index is 0.000000921. The monoisotopic (exact) mass is 215 g/mol. The average Bonchev–Trinajstić information content (AvgIpc) is 2.20. The molecule has 1 rings (SSSR count). The molecule has 3 heteroatoms. The molecule has 90 valence electrons. The SMILES string of the molecule is CC.CC(=O)OC1CCN(C(C)C)CC1. The standard InChI is InChI=1S/C10H19NO2.C2H6/c1-8(2)11-6-4-10(5-7-11)13-9(3)12;1-2/h8,10H,4-7H2,1-3H3;1-2H3. The lowest BCUT2D eigenvalue weighted by atomic mass is 10.1. The predicted octanol–water partition coefficient (Wildman–Crippen LogP) is 2.45. The van der Waals surface area contributed by atoms with Crippen LogP contribution in [0.5, 0.6) is 0 Å². The number of carbonyl (C=O) groups excluding carboxylic acids is 1. The largest absolute Gasteiger partial charge is 0.462 e. The predicted molar refractivity (Wildman–Crippen MR) is 62.8 cm³/mol. The highest BCUT2D eigenvalue weighted by molar-refractivity contribution is 5.66. The van der Waals surface area contributed by atoms with Crippen molar-refractivity contribution in [3.8, 4) is 0 Å². The minimum atomic E-state index is -0.150. The van der Waals surface area contributed by atoms with Gasteiger partial charge in [0.1, 0.15) is 6.10 Å². The van der Waals surface area contributed by atoms with Crippen molar-refractivity contribution in [2.75, 3.05) is 13.1 Å². The minimum Gasteiger partial charge on any atom is -0.462 e. The fraction of sp³-hybridized carbons (Fsp3) is 0.917. The van der Waals surface area contributed by atoms with E-state index in [1.807, 2.05) is 13.8 Å². The zero-order valence-corrected chi connectivity index (χ0v) is 10.7. The first kappa shape index (κ1) is 14.4. The molecular formula is C12H25NO2. The summed E-state index contributed by atoms with van der Waals surface area (Å²) in [5.74, 6) is -0.150. The molecular weight excluding hydrogens is 190 g/mol. The van der Waals surface area contributed by atoms with Crippen molar-refractivity contribution in [1.82, 2.24) is 4.90 Å². The quantitative estimate of drug-likeness (QED) is 0.663. The van der Waals surface area contributed by atoms with Crippen molar-refractivity contribution in [3.63, 3.8) is 0 Å². The number of rotatable bonds is 2. The Hall–Kier alpha value is -0.570. The van der Waals surface area contributed by atoms with Crippen molar-refractivity contribution in [2.24, 2.45) is 0 Å². The number of hydrogen-bond acceptors (Lipinski definition) is 3. The lowest BCUT2D eigenvalue weighted by Gasteiger charge is -2.33. The van der Waals surface area contributed by atoms with Gasteiger partial charge in [-0.15, -0.1) is 0 Å². The molecule has 0 aromatic rings. The van der Waals surface area contributed by atoms with E-state index in [1.54, 1.807) is 0 Å². The summed E-state index contributed by atoms with van der Waals surface area (Å²) in [6, 6.07) is 0.610. The summed E-state index contributed by atoms with van der Waals surface area (Å²) in [5.41, 5.74) is 0. The molecule has 1 saturated heterocycles. The molecule has 0 amide bonds. The maximum absolute atomic E-state index is 10.7. The maximum atomic E-state index is 10.7. The fourth-order valence-electron chi connectivity index (χ4n) is 1.74. The Morgan fingerprint density at radius 1 is 1.27 bits per heavy atom. The number of esters is 1. The van der Waals surface area contributed by atoms with Crippen molar-refractivity contribution in [2.45, 2.75) is 59.6 Å².